The highest BCUT2D eigenvalue weighted by atomic mass is 16.5. The lowest BCUT2D eigenvalue weighted by Crippen LogP contribution is -2.27. The lowest BCUT2D eigenvalue weighted by atomic mass is 9.89. The van der Waals surface area contributed by atoms with Crippen LogP contribution in [0.15, 0.2) is 22.7 Å². The number of benzene rings is 1. The smallest absolute Gasteiger partial charge is 0.255 e. The van der Waals surface area contributed by atoms with Crippen LogP contribution in [0, 0.1) is 0 Å². The Balaban J connectivity index is 1.71. The molecule has 152 valence electrons. The summed E-state index contributed by atoms with van der Waals surface area (Å²) in [5, 5.41) is 7.07. The minimum Gasteiger partial charge on any atom is -0.497 e. The molecule has 1 amide bonds. The Morgan fingerprint density at radius 3 is 2.64 bits per heavy atom. The number of methoxy groups -OCH3 is 1. The molecule has 2 aromatic rings. The molecule has 7 nitrogen and oxygen atoms in total. The van der Waals surface area contributed by atoms with E-state index in [-0.39, 0.29) is 12.0 Å². The summed E-state index contributed by atoms with van der Waals surface area (Å²) in [6.45, 7) is 5.66. The summed E-state index contributed by atoms with van der Waals surface area (Å²) < 4.78 is 16.4. The van der Waals surface area contributed by atoms with Crippen LogP contribution in [0.5, 0.6) is 11.5 Å². The van der Waals surface area contributed by atoms with Crippen molar-refractivity contribution in [2.45, 2.75) is 70.9 Å². The number of aromatic nitrogens is 2. The molecule has 0 saturated heterocycles. The second-order valence-electron chi connectivity index (χ2n) is 7.55. The van der Waals surface area contributed by atoms with Gasteiger partial charge in [0.05, 0.1) is 18.8 Å². The van der Waals surface area contributed by atoms with Crippen LogP contribution in [0.2, 0.25) is 0 Å². The van der Waals surface area contributed by atoms with Crippen molar-refractivity contribution in [1.82, 2.24) is 15.5 Å². The third-order valence-electron chi connectivity index (χ3n) is 4.94. The van der Waals surface area contributed by atoms with Gasteiger partial charge in [-0.1, -0.05) is 24.4 Å². The first kappa shape index (κ1) is 20.2. The number of carbonyl (C=O) groups excluding carboxylic acids is 1. The number of ether oxygens (including phenoxy) is 2. The zero-order chi connectivity index (χ0) is 20.1. The van der Waals surface area contributed by atoms with Gasteiger partial charge in [0.2, 0.25) is 5.89 Å². The lowest BCUT2D eigenvalue weighted by molar-refractivity contribution is 0.0926. The summed E-state index contributed by atoms with van der Waals surface area (Å²) in [5.74, 6) is 2.39. The number of nitrogens with one attached hydrogen (secondary N) is 1. The third kappa shape index (κ3) is 4.82. The topological polar surface area (TPSA) is 86.5 Å². The van der Waals surface area contributed by atoms with Crippen molar-refractivity contribution in [3.8, 4) is 11.5 Å². The van der Waals surface area contributed by atoms with E-state index in [1.807, 2.05) is 20.8 Å². The molecule has 0 bridgehead atoms. The fraction of sp³-hybridized carbons (Fsp3) is 0.571. The summed E-state index contributed by atoms with van der Waals surface area (Å²) in [6.07, 6.45) is 5.82. The number of carbonyl (C=O) groups is 1. The third-order valence-corrected chi connectivity index (χ3v) is 4.94. The van der Waals surface area contributed by atoms with Crippen LogP contribution >= 0.6 is 0 Å². The molecule has 0 radical (unpaired) electrons. The Morgan fingerprint density at radius 2 is 1.96 bits per heavy atom. The van der Waals surface area contributed by atoms with Gasteiger partial charge >= 0.3 is 0 Å². The summed E-state index contributed by atoms with van der Waals surface area (Å²) in [6, 6.07) is 4.75. The van der Waals surface area contributed by atoms with Crippen LogP contribution < -0.4 is 14.8 Å². The minimum absolute atomic E-state index is 0.0647. The average molecular weight is 387 g/mol. The van der Waals surface area contributed by atoms with E-state index in [0.717, 1.165) is 18.7 Å². The van der Waals surface area contributed by atoms with E-state index < -0.39 is 6.04 Å². The first-order valence-electron chi connectivity index (χ1n) is 9.97. The van der Waals surface area contributed by atoms with Gasteiger partial charge in [0.15, 0.2) is 5.82 Å². The first-order chi connectivity index (χ1) is 13.5. The predicted octanol–water partition coefficient (Wildman–Crippen LogP) is 4.40. The largest absolute Gasteiger partial charge is 0.497 e. The Labute approximate surface area is 165 Å². The van der Waals surface area contributed by atoms with Gasteiger partial charge in [0, 0.05) is 12.0 Å². The summed E-state index contributed by atoms with van der Waals surface area (Å²) in [4.78, 5) is 17.4. The van der Waals surface area contributed by atoms with Crippen LogP contribution in [-0.2, 0) is 0 Å². The maximum Gasteiger partial charge on any atom is 0.255 e. The molecule has 1 fully saturated rings. The lowest BCUT2D eigenvalue weighted by Gasteiger charge is -2.17. The molecule has 1 unspecified atom stereocenters. The molecule has 0 spiro atoms. The van der Waals surface area contributed by atoms with Gasteiger partial charge in [-0.2, -0.15) is 4.98 Å². The second kappa shape index (κ2) is 9.08. The van der Waals surface area contributed by atoms with Crippen LogP contribution in [0.3, 0.4) is 0 Å². The van der Waals surface area contributed by atoms with E-state index in [1.165, 1.54) is 19.3 Å². The first-order valence-corrected chi connectivity index (χ1v) is 9.97. The monoisotopic (exact) mass is 387 g/mol. The van der Waals surface area contributed by atoms with E-state index >= 15 is 0 Å². The van der Waals surface area contributed by atoms with Gasteiger partial charge in [0.25, 0.3) is 5.91 Å². The van der Waals surface area contributed by atoms with Crippen LogP contribution in [0.1, 0.15) is 86.9 Å². The Bertz CT molecular complexity index is 797. The van der Waals surface area contributed by atoms with E-state index in [1.54, 1.807) is 25.3 Å². The summed E-state index contributed by atoms with van der Waals surface area (Å²) >= 11 is 0. The highest BCUT2D eigenvalue weighted by Crippen LogP contribution is 2.31. The van der Waals surface area contributed by atoms with Crippen LogP contribution in [0.4, 0.5) is 0 Å². The molecule has 7 heteroatoms. The SMILES string of the molecule is COc1ccc(C(=O)NC(C)c2nc(C3CCCCC3)no2)c(OC(C)C)c1. The normalized spacial score (nSPS) is 16.0. The number of hydrogen-bond acceptors (Lipinski definition) is 6. The molecule has 3 rings (SSSR count). The maximum absolute atomic E-state index is 12.8. The molecular weight excluding hydrogens is 358 g/mol. The predicted molar refractivity (Wildman–Crippen MR) is 105 cm³/mol. The molecule has 1 aliphatic carbocycles. The molecule has 28 heavy (non-hydrogen) atoms. The fourth-order valence-electron chi connectivity index (χ4n) is 3.45. The second-order valence-corrected chi connectivity index (χ2v) is 7.55. The molecular formula is C21H29N3O4. The molecule has 1 aliphatic rings. The number of rotatable bonds is 7. The van der Waals surface area contributed by atoms with Gasteiger partial charge in [-0.3, -0.25) is 4.79 Å². The molecule has 1 aromatic carbocycles. The Kier molecular flexibility index (Phi) is 6.54. The average Bonchev–Trinajstić information content (AvgIpc) is 3.18. The van der Waals surface area contributed by atoms with Gasteiger partial charge in [-0.15, -0.1) is 0 Å². The zero-order valence-corrected chi connectivity index (χ0v) is 17.0. The molecule has 1 aromatic heterocycles. The molecule has 0 aliphatic heterocycles. The van der Waals surface area contributed by atoms with E-state index in [4.69, 9.17) is 14.0 Å². The van der Waals surface area contributed by atoms with Crippen molar-refractivity contribution in [3.63, 3.8) is 0 Å². The quantitative estimate of drug-likeness (QED) is 0.757. The minimum atomic E-state index is -0.397. The molecule has 1 saturated carbocycles. The van der Waals surface area contributed by atoms with Crippen molar-refractivity contribution in [1.29, 1.82) is 0 Å². The zero-order valence-electron chi connectivity index (χ0n) is 17.0. The van der Waals surface area contributed by atoms with Crippen molar-refractivity contribution in [2.75, 3.05) is 7.11 Å². The van der Waals surface area contributed by atoms with E-state index in [0.29, 0.717) is 28.9 Å². The number of amides is 1. The molecule has 1 N–H and O–H groups in total. The van der Waals surface area contributed by atoms with Crippen LogP contribution in [-0.4, -0.2) is 29.3 Å². The van der Waals surface area contributed by atoms with Crippen LogP contribution in [0.25, 0.3) is 0 Å². The van der Waals surface area contributed by atoms with Crippen molar-refractivity contribution < 1.29 is 18.8 Å². The highest BCUT2D eigenvalue weighted by Gasteiger charge is 2.24. The van der Waals surface area contributed by atoms with E-state index in [9.17, 15) is 4.79 Å². The van der Waals surface area contributed by atoms with Gasteiger partial charge in [-0.25, -0.2) is 0 Å². The molecule has 1 heterocycles. The van der Waals surface area contributed by atoms with Gasteiger partial charge in [0.1, 0.15) is 17.5 Å². The Morgan fingerprint density at radius 1 is 1.21 bits per heavy atom. The standard InChI is InChI=1S/C21H29N3O4/c1-13(2)27-18-12-16(26-4)10-11-17(18)20(25)22-14(3)21-23-19(24-28-21)15-8-6-5-7-9-15/h10-15H,5-9H2,1-4H3,(H,22,25). The molecule has 1 atom stereocenters. The van der Waals surface area contributed by atoms with Crippen molar-refractivity contribution in [3.05, 3.63) is 35.5 Å². The van der Waals surface area contributed by atoms with Crippen molar-refractivity contribution >= 4 is 5.91 Å². The number of nitrogens with zero attached hydrogens (tertiary/aromatic N) is 2. The Hall–Kier alpha value is -2.57. The summed E-state index contributed by atoms with van der Waals surface area (Å²) in [7, 11) is 1.58. The maximum atomic E-state index is 12.8. The van der Waals surface area contributed by atoms with Gasteiger partial charge < -0.3 is 19.3 Å². The highest BCUT2D eigenvalue weighted by molar-refractivity contribution is 5.97. The van der Waals surface area contributed by atoms with E-state index in [2.05, 4.69) is 15.5 Å². The number of hydrogen-bond donors (Lipinski definition) is 1. The van der Waals surface area contributed by atoms with Crippen molar-refractivity contribution in [2.24, 2.45) is 0 Å². The van der Waals surface area contributed by atoms with Gasteiger partial charge in [-0.05, 0) is 45.7 Å². The fourth-order valence-corrected chi connectivity index (χ4v) is 3.45. The summed E-state index contributed by atoms with van der Waals surface area (Å²) in [5.41, 5.74) is 0.438.